The Labute approximate surface area is 125 Å². The van der Waals surface area contributed by atoms with Gasteiger partial charge in [0.15, 0.2) is 0 Å². The molecule has 1 aromatic heterocycles. The summed E-state index contributed by atoms with van der Waals surface area (Å²) in [6.45, 7) is 0. The van der Waals surface area contributed by atoms with Gasteiger partial charge in [0, 0.05) is 5.02 Å². The van der Waals surface area contributed by atoms with Crippen LogP contribution in [-0.2, 0) is 4.74 Å². The zero-order valence-electron chi connectivity index (χ0n) is 11.1. The Balaban J connectivity index is 2.28. The van der Waals surface area contributed by atoms with Crippen molar-refractivity contribution in [3.63, 3.8) is 0 Å². The van der Waals surface area contributed by atoms with E-state index in [2.05, 4.69) is 15.0 Å². The van der Waals surface area contributed by atoms with Gasteiger partial charge in [0.25, 0.3) is 5.91 Å². The molecule has 3 N–H and O–H groups in total. The first kappa shape index (κ1) is 14.8. The fourth-order valence-corrected chi connectivity index (χ4v) is 1.80. The molecule has 2 aromatic rings. The van der Waals surface area contributed by atoms with E-state index in [1.807, 2.05) is 0 Å². The fraction of sp³-hybridized carbons (Fsp3) is 0.0714. The molecule has 108 valence electrons. The maximum Gasteiger partial charge on any atom is 0.340 e. The van der Waals surface area contributed by atoms with Crippen LogP contribution in [0.15, 0.2) is 36.5 Å². The lowest BCUT2D eigenvalue weighted by Gasteiger charge is -2.10. The third-order valence-electron chi connectivity index (χ3n) is 2.65. The van der Waals surface area contributed by atoms with Crippen molar-refractivity contribution in [2.45, 2.75) is 0 Å². The highest BCUT2D eigenvalue weighted by atomic mass is 35.5. The lowest BCUT2D eigenvalue weighted by molar-refractivity contribution is 0.0602. The van der Waals surface area contributed by atoms with Crippen molar-refractivity contribution in [2.24, 2.45) is 0 Å². The molecule has 0 unspecified atom stereocenters. The number of benzene rings is 1. The van der Waals surface area contributed by atoms with E-state index in [9.17, 15) is 9.59 Å². The zero-order chi connectivity index (χ0) is 15.4. The maximum absolute atomic E-state index is 12.1. The van der Waals surface area contributed by atoms with E-state index >= 15 is 0 Å². The van der Waals surface area contributed by atoms with E-state index in [-0.39, 0.29) is 16.9 Å². The first-order valence-electron chi connectivity index (χ1n) is 5.92. The number of rotatable bonds is 3. The van der Waals surface area contributed by atoms with Gasteiger partial charge in [0.2, 0.25) is 0 Å². The van der Waals surface area contributed by atoms with Crippen LogP contribution in [0, 0.1) is 0 Å². The van der Waals surface area contributed by atoms with E-state index in [1.54, 1.807) is 12.1 Å². The zero-order valence-corrected chi connectivity index (χ0v) is 11.8. The molecule has 6 nitrogen and oxygen atoms in total. The molecule has 0 aliphatic rings. The van der Waals surface area contributed by atoms with Gasteiger partial charge in [-0.2, -0.15) is 0 Å². The molecule has 21 heavy (non-hydrogen) atoms. The number of nitrogens with zero attached hydrogens (tertiary/aromatic N) is 1. The number of pyridine rings is 1. The third-order valence-corrected chi connectivity index (χ3v) is 2.89. The summed E-state index contributed by atoms with van der Waals surface area (Å²) in [4.78, 5) is 27.7. The average Bonchev–Trinajstić information content (AvgIpc) is 2.48. The third kappa shape index (κ3) is 3.49. The highest BCUT2D eigenvalue weighted by Crippen LogP contribution is 2.22. The van der Waals surface area contributed by atoms with E-state index in [0.29, 0.717) is 10.7 Å². The molecule has 7 heteroatoms. The molecule has 0 aliphatic carbocycles. The van der Waals surface area contributed by atoms with Crippen LogP contribution in [0.4, 0.5) is 11.4 Å². The summed E-state index contributed by atoms with van der Waals surface area (Å²) in [7, 11) is 1.25. The molecule has 0 saturated carbocycles. The number of nitrogens with two attached hydrogens (primary N) is 1. The molecule has 1 amide bonds. The van der Waals surface area contributed by atoms with Crippen molar-refractivity contribution in [1.29, 1.82) is 0 Å². The fourth-order valence-electron chi connectivity index (χ4n) is 1.63. The Morgan fingerprint density at radius 2 is 2.05 bits per heavy atom. The second-order valence-corrected chi connectivity index (χ2v) is 4.55. The van der Waals surface area contributed by atoms with Crippen molar-refractivity contribution in [2.75, 3.05) is 18.2 Å². The Morgan fingerprint density at radius 3 is 2.67 bits per heavy atom. The first-order chi connectivity index (χ1) is 10.0. The largest absolute Gasteiger partial charge is 0.465 e. The highest BCUT2D eigenvalue weighted by Gasteiger charge is 2.16. The SMILES string of the molecule is COC(=O)c1cc(Cl)ccc1NC(=O)c1ccc(N)cn1. The molecule has 0 spiro atoms. The monoisotopic (exact) mass is 305 g/mol. The normalized spacial score (nSPS) is 10.0. The number of nitrogen functional groups attached to an aromatic ring is 1. The smallest absolute Gasteiger partial charge is 0.340 e. The first-order valence-corrected chi connectivity index (χ1v) is 6.30. The molecule has 1 aromatic carbocycles. The minimum Gasteiger partial charge on any atom is -0.465 e. The molecule has 0 radical (unpaired) electrons. The number of amides is 1. The Morgan fingerprint density at radius 1 is 1.29 bits per heavy atom. The van der Waals surface area contributed by atoms with Crippen molar-refractivity contribution in [3.05, 3.63) is 52.8 Å². The standard InChI is InChI=1S/C14H12ClN3O3/c1-21-14(20)10-6-8(15)2-4-11(10)18-13(19)12-5-3-9(16)7-17-12/h2-7H,16H2,1H3,(H,18,19). The van der Waals surface area contributed by atoms with Crippen LogP contribution in [0.2, 0.25) is 5.02 Å². The number of carbonyl (C=O) groups excluding carboxylic acids is 2. The van der Waals surface area contributed by atoms with Crippen molar-refractivity contribution >= 4 is 34.9 Å². The van der Waals surface area contributed by atoms with E-state index in [4.69, 9.17) is 17.3 Å². The highest BCUT2D eigenvalue weighted by molar-refractivity contribution is 6.31. The number of anilines is 2. The van der Waals surface area contributed by atoms with Crippen molar-refractivity contribution < 1.29 is 14.3 Å². The van der Waals surface area contributed by atoms with Gasteiger partial charge in [0.1, 0.15) is 5.69 Å². The number of ether oxygens (including phenoxy) is 1. The molecule has 0 saturated heterocycles. The quantitative estimate of drug-likeness (QED) is 0.849. The molecule has 2 rings (SSSR count). The molecule has 0 bridgehead atoms. The van der Waals surface area contributed by atoms with Crippen molar-refractivity contribution in [1.82, 2.24) is 4.98 Å². The van der Waals surface area contributed by atoms with Crippen LogP contribution in [0.3, 0.4) is 0 Å². The number of hydrogen-bond donors (Lipinski definition) is 2. The maximum atomic E-state index is 12.1. The Bertz CT molecular complexity index is 686. The summed E-state index contributed by atoms with van der Waals surface area (Å²) >= 11 is 5.84. The molecule has 0 fully saturated rings. The summed E-state index contributed by atoms with van der Waals surface area (Å²) in [6.07, 6.45) is 1.37. The number of halogens is 1. The number of esters is 1. The molecule has 0 aliphatic heterocycles. The second kappa shape index (κ2) is 6.23. The summed E-state index contributed by atoms with van der Waals surface area (Å²) in [6, 6.07) is 7.53. The van der Waals surface area contributed by atoms with E-state index in [1.165, 1.54) is 31.5 Å². The predicted octanol–water partition coefficient (Wildman–Crippen LogP) is 2.36. The van der Waals surface area contributed by atoms with Gasteiger partial charge >= 0.3 is 5.97 Å². The van der Waals surface area contributed by atoms with Gasteiger partial charge in [-0.25, -0.2) is 9.78 Å². The summed E-state index contributed by atoms with van der Waals surface area (Å²) < 4.78 is 4.65. The van der Waals surface area contributed by atoms with E-state index in [0.717, 1.165) is 0 Å². The molecular weight excluding hydrogens is 294 g/mol. The van der Waals surface area contributed by atoms with Crippen LogP contribution >= 0.6 is 11.6 Å². The lowest BCUT2D eigenvalue weighted by Crippen LogP contribution is -2.16. The number of hydrogen-bond acceptors (Lipinski definition) is 5. The summed E-state index contributed by atoms with van der Waals surface area (Å²) in [5.41, 5.74) is 6.58. The summed E-state index contributed by atoms with van der Waals surface area (Å²) in [5, 5.41) is 2.95. The number of methoxy groups -OCH3 is 1. The van der Waals surface area contributed by atoms with Crippen LogP contribution in [0.25, 0.3) is 0 Å². The molecule has 0 atom stereocenters. The Hall–Kier alpha value is -2.60. The van der Waals surface area contributed by atoms with Crippen LogP contribution in [0.5, 0.6) is 0 Å². The number of nitrogens with one attached hydrogen (secondary N) is 1. The van der Waals surface area contributed by atoms with Gasteiger partial charge in [-0.15, -0.1) is 0 Å². The average molecular weight is 306 g/mol. The van der Waals surface area contributed by atoms with Crippen LogP contribution < -0.4 is 11.1 Å². The van der Waals surface area contributed by atoms with Crippen LogP contribution in [0.1, 0.15) is 20.8 Å². The summed E-state index contributed by atoms with van der Waals surface area (Å²) in [5.74, 6) is -1.07. The van der Waals surface area contributed by atoms with Gasteiger partial charge in [0.05, 0.1) is 30.2 Å². The van der Waals surface area contributed by atoms with Gasteiger partial charge in [-0.05, 0) is 30.3 Å². The van der Waals surface area contributed by atoms with Gasteiger partial charge < -0.3 is 15.8 Å². The number of aromatic nitrogens is 1. The minimum absolute atomic E-state index is 0.161. The minimum atomic E-state index is -0.599. The molecular formula is C14H12ClN3O3. The topological polar surface area (TPSA) is 94.3 Å². The predicted molar refractivity (Wildman–Crippen MR) is 79.4 cm³/mol. The Kier molecular flexibility index (Phi) is 4.39. The van der Waals surface area contributed by atoms with Crippen LogP contribution in [-0.4, -0.2) is 24.0 Å². The van der Waals surface area contributed by atoms with Gasteiger partial charge in [-0.3, -0.25) is 4.79 Å². The lowest BCUT2D eigenvalue weighted by atomic mass is 10.1. The molecule has 1 heterocycles. The van der Waals surface area contributed by atoms with Crippen molar-refractivity contribution in [3.8, 4) is 0 Å². The van der Waals surface area contributed by atoms with Gasteiger partial charge in [-0.1, -0.05) is 11.6 Å². The van der Waals surface area contributed by atoms with E-state index < -0.39 is 11.9 Å². The number of carbonyl (C=O) groups is 2. The second-order valence-electron chi connectivity index (χ2n) is 4.11.